The van der Waals surface area contributed by atoms with Gasteiger partial charge in [-0.15, -0.1) is 0 Å². The van der Waals surface area contributed by atoms with Crippen LogP contribution in [0.2, 0.25) is 0 Å². The van der Waals surface area contributed by atoms with E-state index in [1.165, 1.54) is 0 Å². The fourth-order valence-corrected chi connectivity index (χ4v) is 2.12. The van der Waals surface area contributed by atoms with Gasteiger partial charge in [0, 0.05) is 12.6 Å². The number of amides is 2. The van der Waals surface area contributed by atoms with Crippen LogP contribution in [0.1, 0.15) is 40.4 Å². The van der Waals surface area contributed by atoms with Crippen LogP contribution in [0.15, 0.2) is 42.5 Å². The van der Waals surface area contributed by atoms with Crippen molar-refractivity contribution in [3.05, 3.63) is 59.4 Å². The molecule has 2 rings (SSSR count). The third-order valence-electron chi connectivity index (χ3n) is 3.17. The zero-order valence-corrected chi connectivity index (χ0v) is 13.6. The summed E-state index contributed by atoms with van der Waals surface area (Å²) < 4.78 is 0. The molecule has 0 saturated heterocycles. The number of hydrogen-bond acceptors (Lipinski definition) is 3. The Morgan fingerprint density at radius 1 is 1.09 bits per heavy atom. The van der Waals surface area contributed by atoms with Gasteiger partial charge in [0.05, 0.1) is 0 Å². The molecule has 2 amide bonds. The monoisotopic (exact) mass is 309 g/mol. The van der Waals surface area contributed by atoms with Gasteiger partial charge < -0.3 is 10.6 Å². The highest BCUT2D eigenvalue weighted by molar-refractivity contribution is 6.32. The number of carbonyl (C=O) groups excluding carboxylic acids is 2. The van der Waals surface area contributed by atoms with E-state index in [2.05, 4.69) is 15.6 Å². The largest absolute Gasteiger partial charge is 0.349 e. The third-order valence-corrected chi connectivity index (χ3v) is 3.17. The van der Waals surface area contributed by atoms with Crippen molar-refractivity contribution >= 4 is 25.1 Å². The summed E-state index contributed by atoms with van der Waals surface area (Å²) in [7, 11) is 2.00. The number of benzene rings is 1. The van der Waals surface area contributed by atoms with Crippen molar-refractivity contribution in [2.24, 2.45) is 0 Å². The molecule has 118 valence electrons. The summed E-state index contributed by atoms with van der Waals surface area (Å²) in [6.45, 7) is 4.16. The second-order valence-electron chi connectivity index (χ2n) is 5.71. The molecule has 0 spiro atoms. The van der Waals surface area contributed by atoms with Gasteiger partial charge in [-0.25, -0.2) is 4.98 Å². The van der Waals surface area contributed by atoms with E-state index in [0.717, 1.165) is 11.0 Å². The second kappa shape index (κ2) is 7.58. The molecule has 1 aromatic heterocycles. The SMILES string of the molecule is Bc1cccc(CNC(=O)c2cccc(C(=O)NC(C)C)n2)c1. The summed E-state index contributed by atoms with van der Waals surface area (Å²) >= 11 is 0. The second-order valence-corrected chi connectivity index (χ2v) is 5.71. The first-order chi connectivity index (χ1) is 11.0. The Morgan fingerprint density at radius 2 is 1.74 bits per heavy atom. The standard InChI is InChI=1S/C17H20BN3O2/c1-11(2)20-17(23)15-8-4-7-14(21-15)16(22)19-10-12-5-3-6-13(18)9-12/h3-9,11H,10,18H2,1-2H3,(H,19,22)(H,20,23). The van der Waals surface area contributed by atoms with Crippen LogP contribution >= 0.6 is 0 Å². The molecule has 6 heteroatoms. The molecule has 2 N–H and O–H groups in total. The topological polar surface area (TPSA) is 71.1 Å². The maximum Gasteiger partial charge on any atom is 0.270 e. The lowest BCUT2D eigenvalue weighted by atomic mass is 9.94. The lowest BCUT2D eigenvalue weighted by Crippen LogP contribution is -2.31. The third kappa shape index (κ3) is 4.95. The fraction of sp³-hybridized carbons (Fsp3) is 0.235. The highest BCUT2D eigenvalue weighted by atomic mass is 16.2. The molecule has 0 radical (unpaired) electrons. The van der Waals surface area contributed by atoms with Gasteiger partial charge in [0.2, 0.25) is 0 Å². The molecule has 23 heavy (non-hydrogen) atoms. The molecule has 2 aromatic rings. The van der Waals surface area contributed by atoms with Crippen molar-refractivity contribution < 1.29 is 9.59 Å². The number of nitrogens with one attached hydrogen (secondary N) is 2. The van der Waals surface area contributed by atoms with Crippen LogP contribution in [0, 0.1) is 0 Å². The molecule has 1 heterocycles. The number of rotatable bonds is 5. The average Bonchev–Trinajstić information content (AvgIpc) is 2.52. The van der Waals surface area contributed by atoms with E-state index in [0.29, 0.717) is 6.54 Å². The molecule has 0 bridgehead atoms. The van der Waals surface area contributed by atoms with Gasteiger partial charge >= 0.3 is 0 Å². The van der Waals surface area contributed by atoms with Crippen LogP contribution in [-0.4, -0.2) is 30.7 Å². The molecule has 0 fully saturated rings. The van der Waals surface area contributed by atoms with Gasteiger partial charge in [0.15, 0.2) is 0 Å². The van der Waals surface area contributed by atoms with Gasteiger partial charge in [0.25, 0.3) is 11.8 Å². The highest BCUT2D eigenvalue weighted by Crippen LogP contribution is 2.02. The Labute approximate surface area is 136 Å². The van der Waals surface area contributed by atoms with Gasteiger partial charge in [-0.2, -0.15) is 0 Å². The van der Waals surface area contributed by atoms with Gasteiger partial charge in [-0.05, 0) is 31.5 Å². The minimum Gasteiger partial charge on any atom is -0.349 e. The Bertz CT molecular complexity index is 716. The van der Waals surface area contributed by atoms with Gasteiger partial charge in [-0.1, -0.05) is 35.8 Å². The normalized spacial score (nSPS) is 10.4. The minimum absolute atomic E-state index is 0.0168. The smallest absolute Gasteiger partial charge is 0.270 e. The average molecular weight is 309 g/mol. The van der Waals surface area contributed by atoms with Crippen LogP contribution in [0.4, 0.5) is 0 Å². The molecule has 0 aliphatic heterocycles. The van der Waals surface area contributed by atoms with E-state index in [9.17, 15) is 9.59 Å². The van der Waals surface area contributed by atoms with E-state index in [-0.39, 0.29) is 29.2 Å². The zero-order valence-electron chi connectivity index (χ0n) is 13.6. The molecule has 1 aromatic carbocycles. The number of nitrogens with zero attached hydrogens (tertiary/aromatic N) is 1. The number of hydrogen-bond donors (Lipinski definition) is 2. The minimum atomic E-state index is -0.300. The van der Waals surface area contributed by atoms with Crippen LogP contribution in [-0.2, 0) is 6.54 Å². The first-order valence-corrected chi connectivity index (χ1v) is 7.57. The summed E-state index contributed by atoms with van der Waals surface area (Å²) in [6, 6.07) is 12.8. The maximum absolute atomic E-state index is 12.2. The Balaban J connectivity index is 2.03. The van der Waals surface area contributed by atoms with Crippen LogP contribution in [0.5, 0.6) is 0 Å². The van der Waals surface area contributed by atoms with Crippen molar-refractivity contribution in [2.45, 2.75) is 26.4 Å². The van der Waals surface area contributed by atoms with E-state index in [1.807, 2.05) is 46.0 Å². The van der Waals surface area contributed by atoms with E-state index < -0.39 is 0 Å². The number of pyridine rings is 1. The highest BCUT2D eigenvalue weighted by Gasteiger charge is 2.12. The van der Waals surface area contributed by atoms with Crippen molar-refractivity contribution in [3.8, 4) is 0 Å². The molecule has 0 saturated carbocycles. The first-order valence-electron chi connectivity index (χ1n) is 7.57. The van der Waals surface area contributed by atoms with E-state index in [1.54, 1.807) is 18.2 Å². The lowest BCUT2D eigenvalue weighted by molar-refractivity contribution is 0.0936. The molecule has 0 unspecified atom stereocenters. The lowest BCUT2D eigenvalue weighted by Gasteiger charge is -2.09. The molecule has 0 aliphatic rings. The summed E-state index contributed by atoms with van der Waals surface area (Å²) in [5.74, 6) is -0.584. The maximum atomic E-state index is 12.2. The van der Waals surface area contributed by atoms with Crippen molar-refractivity contribution in [3.63, 3.8) is 0 Å². The Morgan fingerprint density at radius 3 is 2.39 bits per heavy atom. The summed E-state index contributed by atoms with van der Waals surface area (Å²) in [5.41, 5.74) is 2.63. The van der Waals surface area contributed by atoms with E-state index in [4.69, 9.17) is 0 Å². The predicted octanol–water partition coefficient (Wildman–Crippen LogP) is 0.408. The molecular formula is C17H20BN3O2. The van der Waals surface area contributed by atoms with Crippen molar-refractivity contribution in [1.82, 2.24) is 15.6 Å². The molecule has 5 nitrogen and oxygen atoms in total. The van der Waals surface area contributed by atoms with Crippen LogP contribution in [0.25, 0.3) is 0 Å². The fourth-order valence-electron chi connectivity index (χ4n) is 2.12. The summed E-state index contributed by atoms with van der Waals surface area (Å²) in [4.78, 5) is 28.3. The number of aromatic nitrogens is 1. The Hall–Kier alpha value is -2.63. The quantitative estimate of drug-likeness (QED) is 0.786. The first kappa shape index (κ1) is 16.7. The number of carbonyl (C=O) groups is 2. The summed E-state index contributed by atoms with van der Waals surface area (Å²) in [6.07, 6.45) is 0. The van der Waals surface area contributed by atoms with Crippen LogP contribution in [0.3, 0.4) is 0 Å². The Kier molecular flexibility index (Phi) is 5.52. The zero-order chi connectivity index (χ0) is 16.8. The summed E-state index contributed by atoms with van der Waals surface area (Å²) in [5, 5.41) is 5.57. The van der Waals surface area contributed by atoms with E-state index >= 15 is 0 Å². The molecule has 0 aliphatic carbocycles. The molecular weight excluding hydrogens is 289 g/mol. The molecule has 0 atom stereocenters. The van der Waals surface area contributed by atoms with Gasteiger partial charge in [-0.3, -0.25) is 9.59 Å². The van der Waals surface area contributed by atoms with Crippen molar-refractivity contribution in [1.29, 1.82) is 0 Å². The predicted molar refractivity (Wildman–Crippen MR) is 92.6 cm³/mol. The van der Waals surface area contributed by atoms with Gasteiger partial charge in [0.1, 0.15) is 19.2 Å². The van der Waals surface area contributed by atoms with Crippen LogP contribution < -0.4 is 16.1 Å². The van der Waals surface area contributed by atoms with Crippen molar-refractivity contribution in [2.75, 3.05) is 0 Å².